The van der Waals surface area contributed by atoms with Crippen LogP contribution in [0.4, 0.5) is 0 Å². The molecule has 0 saturated heterocycles. The van der Waals surface area contributed by atoms with Gasteiger partial charge in [0, 0.05) is 20.0 Å². The molecular formula is C36H63O8P. The highest BCUT2D eigenvalue weighted by Crippen LogP contribution is 2.42. The Balaban J connectivity index is 4.21. The molecule has 0 radical (unpaired) electrons. The van der Waals surface area contributed by atoms with Gasteiger partial charge in [-0.15, -0.1) is 0 Å². The van der Waals surface area contributed by atoms with Gasteiger partial charge < -0.3 is 14.4 Å². The molecule has 0 aliphatic rings. The second-order valence-corrected chi connectivity index (χ2v) is 12.8. The summed E-state index contributed by atoms with van der Waals surface area (Å²) in [7, 11) is -3.23. The summed E-state index contributed by atoms with van der Waals surface area (Å²) in [6, 6.07) is 0. The number of esters is 2. The molecule has 0 aromatic carbocycles. The maximum atomic E-state index is 12.4. The normalized spacial score (nSPS) is 14.1. The van der Waals surface area contributed by atoms with Gasteiger partial charge in [0.1, 0.15) is 6.61 Å². The summed E-state index contributed by atoms with van der Waals surface area (Å²) in [5.74, 6) is -0.901. The first kappa shape index (κ1) is 43.0. The van der Waals surface area contributed by atoms with Crippen LogP contribution in [0.15, 0.2) is 48.6 Å². The second-order valence-electron chi connectivity index (χ2n) is 11.3. The van der Waals surface area contributed by atoms with Gasteiger partial charge in [-0.05, 0) is 38.5 Å². The third-order valence-corrected chi connectivity index (χ3v) is 8.04. The van der Waals surface area contributed by atoms with Crippen LogP contribution in [-0.4, -0.2) is 43.3 Å². The fraction of sp³-hybridized carbons (Fsp3) is 0.722. The second kappa shape index (κ2) is 32.0. The molecular weight excluding hydrogens is 591 g/mol. The Kier molecular flexibility index (Phi) is 30.6. The van der Waals surface area contributed by atoms with Crippen LogP contribution >= 0.6 is 7.82 Å². The average molecular weight is 655 g/mol. The van der Waals surface area contributed by atoms with Crippen molar-refractivity contribution in [1.82, 2.24) is 0 Å². The number of phosphoric acid groups is 1. The van der Waals surface area contributed by atoms with Crippen LogP contribution < -0.4 is 0 Å². The summed E-state index contributed by atoms with van der Waals surface area (Å²) < 4.78 is 31.7. The minimum Gasteiger partial charge on any atom is -0.462 e. The van der Waals surface area contributed by atoms with Gasteiger partial charge in [0.2, 0.25) is 0 Å². The highest BCUT2D eigenvalue weighted by atomic mass is 31.2. The minimum absolute atomic E-state index is 0.124. The van der Waals surface area contributed by atoms with Crippen molar-refractivity contribution in [3.63, 3.8) is 0 Å². The SMILES string of the molecule is CC/C=C\C/C=C\C/C=C\C/C=C\CCC(=O)OC(COC(=O)CCCCCCCCCCCCCCC)COP(=O)(O)OC. The topological polar surface area (TPSA) is 108 Å². The Labute approximate surface area is 274 Å². The van der Waals surface area contributed by atoms with E-state index >= 15 is 0 Å². The zero-order valence-corrected chi connectivity index (χ0v) is 29.4. The maximum Gasteiger partial charge on any atom is 0.472 e. The molecule has 0 spiro atoms. The van der Waals surface area contributed by atoms with Crippen LogP contribution in [0.3, 0.4) is 0 Å². The van der Waals surface area contributed by atoms with Crippen molar-refractivity contribution >= 4 is 19.8 Å². The van der Waals surface area contributed by atoms with Gasteiger partial charge in [0.25, 0.3) is 0 Å². The van der Waals surface area contributed by atoms with Gasteiger partial charge in [0.15, 0.2) is 6.10 Å². The highest BCUT2D eigenvalue weighted by Gasteiger charge is 2.24. The average Bonchev–Trinajstić information content (AvgIpc) is 3.03. The van der Waals surface area contributed by atoms with Gasteiger partial charge in [-0.1, -0.05) is 140 Å². The summed E-state index contributed by atoms with van der Waals surface area (Å²) in [4.78, 5) is 34.2. The molecule has 2 unspecified atom stereocenters. The predicted octanol–water partition coefficient (Wildman–Crippen LogP) is 10.3. The first-order valence-corrected chi connectivity index (χ1v) is 18.8. The fourth-order valence-electron chi connectivity index (χ4n) is 4.43. The molecule has 0 aromatic heterocycles. The smallest absolute Gasteiger partial charge is 0.462 e. The first-order chi connectivity index (χ1) is 21.8. The van der Waals surface area contributed by atoms with Crippen LogP contribution in [0.2, 0.25) is 0 Å². The van der Waals surface area contributed by atoms with E-state index in [0.29, 0.717) is 6.42 Å². The third-order valence-electron chi connectivity index (χ3n) is 7.10. The van der Waals surface area contributed by atoms with Gasteiger partial charge in [-0.2, -0.15) is 0 Å². The Morgan fingerprint density at radius 2 is 1.13 bits per heavy atom. The molecule has 260 valence electrons. The van der Waals surface area contributed by atoms with Crippen molar-refractivity contribution in [1.29, 1.82) is 0 Å². The van der Waals surface area contributed by atoms with E-state index < -0.39 is 32.5 Å². The summed E-state index contributed by atoms with van der Waals surface area (Å²) in [5, 5.41) is 0. The molecule has 0 heterocycles. The van der Waals surface area contributed by atoms with Crippen molar-refractivity contribution < 1.29 is 37.6 Å². The summed E-state index contributed by atoms with van der Waals surface area (Å²) in [5.41, 5.74) is 0. The molecule has 9 heteroatoms. The number of carbonyl (C=O) groups excluding carboxylic acids is 2. The van der Waals surface area contributed by atoms with Gasteiger partial charge in [0.05, 0.1) is 6.61 Å². The van der Waals surface area contributed by atoms with E-state index in [9.17, 15) is 19.0 Å². The zero-order valence-electron chi connectivity index (χ0n) is 28.5. The third kappa shape index (κ3) is 31.8. The van der Waals surface area contributed by atoms with Crippen LogP contribution in [0, 0.1) is 0 Å². The molecule has 0 rings (SSSR count). The molecule has 0 aromatic rings. The lowest BCUT2D eigenvalue weighted by molar-refractivity contribution is -0.161. The molecule has 8 nitrogen and oxygen atoms in total. The molecule has 45 heavy (non-hydrogen) atoms. The van der Waals surface area contributed by atoms with Crippen LogP contribution in [0.1, 0.15) is 142 Å². The zero-order chi connectivity index (χ0) is 33.3. The van der Waals surface area contributed by atoms with Gasteiger partial charge >= 0.3 is 19.8 Å². The number of allylic oxidation sites excluding steroid dienone is 8. The Morgan fingerprint density at radius 3 is 1.64 bits per heavy atom. The summed E-state index contributed by atoms with van der Waals surface area (Å²) in [6.07, 6.45) is 36.1. The molecule has 2 atom stereocenters. The fourth-order valence-corrected chi connectivity index (χ4v) is 4.89. The van der Waals surface area contributed by atoms with Crippen molar-refractivity contribution in [3.05, 3.63) is 48.6 Å². The first-order valence-electron chi connectivity index (χ1n) is 17.3. The quantitative estimate of drug-likeness (QED) is 0.0340. The molecule has 1 N–H and O–H groups in total. The number of carbonyl (C=O) groups is 2. The van der Waals surface area contributed by atoms with Crippen LogP contribution in [-0.2, 0) is 32.7 Å². The maximum absolute atomic E-state index is 12.4. The monoisotopic (exact) mass is 654 g/mol. The Morgan fingerprint density at radius 1 is 0.644 bits per heavy atom. The Hall–Kier alpha value is -1.99. The highest BCUT2D eigenvalue weighted by molar-refractivity contribution is 7.47. The van der Waals surface area contributed by atoms with E-state index in [1.807, 2.05) is 12.2 Å². The van der Waals surface area contributed by atoms with Crippen LogP contribution in [0.5, 0.6) is 0 Å². The lowest BCUT2D eigenvalue weighted by Gasteiger charge is -2.19. The molecule has 0 bridgehead atoms. The minimum atomic E-state index is -4.27. The number of rotatable bonds is 31. The summed E-state index contributed by atoms with van der Waals surface area (Å²) in [6.45, 7) is 3.68. The van der Waals surface area contributed by atoms with E-state index in [4.69, 9.17) is 14.0 Å². The number of hydrogen-bond donors (Lipinski definition) is 1. The van der Waals surface area contributed by atoms with Crippen molar-refractivity contribution in [2.45, 2.75) is 148 Å². The number of ether oxygens (including phenoxy) is 2. The van der Waals surface area contributed by atoms with Gasteiger partial charge in [-0.25, -0.2) is 4.57 Å². The van der Waals surface area contributed by atoms with E-state index in [2.05, 4.69) is 54.8 Å². The van der Waals surface area contributed by atoms with Crippen molar-refractivity contribution in [2.75, 3.05) is 20.3 Å². The van der Waals surface area contributed by atoms with E-state index in [1.165, 1.54) is 64.2 Å². The lowest BCUT2D eigenvalue weighted by Crippen LogP contribution is -2.29. The molecule has 0 amide bonds. The molecule has 0 aliphatic carbocycles. The lowest BCUT2D eigenvalue weighted by atomic mass is 10.0. The standard InChI is InChI=1S/C36H63O8P/c1-4-6-8-10-12-14-16-18-20-22-24-26-28-30-35(37)42-32-34(33-43-45(39,40)41-3)44-36(38)31-29-27-25-23-21-19-17-15-13-11-9-7-5-2/h7,9,13,15,19,21,25,27,34H,4-6,8,10-12,14,16-18,20,22-24,26,28-33H2,1-3H3,(H,39,40)/b9-7-,15-13-,21-19-,27-25-. The van der Waals surface area contributed by atoms with Crippen molar-refractivity contribution in [2.24, 2.45) is 0 Å². The summed E-state index contributed by atoms with van der Waals surface area (Å²) >= 11 is 0. The van der Waals surface area contributed by atoms with Crippen LogP contribution in [0.25, 0.3) is 0 Å². The molecule has 0 fully saturated rings. The Bertz CT molecular complexity index is 880. The van der Waals surface area contributed by atoms with Gasteiger partial charge in [-0.3, -0.25) is 18.6 Å². The molecule has 0 saturated carbocycles. The largest absolute Gasteiger partial charge is 0.472 e. The number of phosphoric ester groups is 1. The number of unbranched alkanes of at least 4 members (excludes halogenated alkanes) is 12. The van der Waals surface area contributed by atoms with E-state index in [0.717, 1.165) is 52.1 Å². The number of hydrogen-bond acceptors (Lipinski definition) is 7. The van der Waals surface area contributed by atoms with E-state index in [-0.39, 0.29) is 19.4 Å². The predicted molar refractivity (Wildman–Crippen MR) is 184 cm³/mol. The van der Waals surface area contributed by atoms with E-state index in [1.54, 1.807) is 0 Å². The molecule has 0 aliphatic heterocycles. The van der Waals surface area contributed by atoms with Crippen molar-refractivity contribution in [3.8, 4) is 0 Å².